The van der Waals surface area contributed by atoms with Gasteiger partial charge in [-0.3, -0.25) is 9.69 Å². The molecule has 9 heteroatoms. The average molecular weight is 486 g/mol. The highest BCUT2D eigenvalue weighted by Crippen LogP contribution is 2.31. The largest absolute Gasteiger partial charge is 0.444 e. The van der Waals surface area contributed by atoms with Gasteiger partial charge in [0.15, 0.2) is 5.13 Å². The number of carbonyl (C=O) groups excluding carboxylic acids is 2. The van der Waals surface area contributed by atoms with E-state index >= 15 is 0 Å². The first-order valence-electron chi connectivity index (χ1n) is 12.1. The molecule has 2 aromatic rings. The molecular formula is C25H35N5O3S. The van der Waals surface area contributed by atoms with Crippen LogP contribution in [0.2, 0.25) is 0 Å². The lowest BCUT2D eigenvalue weighted by molar-refractivity contribution is -0.139. The molecule has 2 aliphatic heterocycles. The third-order valence-corrected chi connectivity index (χ3v) is 7.16. The van der Waals surface area contributed by atoms with E-state index in [-0.39, 0.29) is 12.0 Å². The summed E-state index contributed by atoms with van der Waals surface area (Å²) in [5.41, 5.74) is 0.655. The number of piperidine rings is 2. The van der Waals surface area contributed by atoms with Crippen molar-refractivity contribution in [1.82, 2.24) is 19.8 Å². The zero-order chi connectivity index (χ0) is 24.3. The van der Waals surface area contributed by atoms with Crippen LogP contribution in [0.25, 0.3) is 0 Å². The van der Waals surface area contributed by atoms with Gasteiger partial charge in [-0.2, -0.15) is 0 Å². The molecule has 0 aliphatic carbocycles. The van der Waals surface area contributed by atoms with E-state index in [1.807, 2.05) is 45.0 Å². The number of rotatable bonds is 4. The summed E-state index contributed by atoms with van der Waals surface area (Å²) in [7, 11) is 0. The van der Waals surface area contributed by atoms with Crippen LogP contribution in [-0.2, 0) is 9.53 Å². The van der Waals surface area contributed by atoms with Crippen molar-refractivity contribution >= 4 is 34.3 Å². The van der Waals surface area contributed by atoms with Crippen LogP contribution in [0, 0.1) is 6.92 Å². The zero-order valence-electron chi connectivity index (χ0n) is 20.5. The van der Waals surface area contributed by atoms with Crippen molar-refractivity contribution in [2.45, 2.75) is 77.4 Å². The van der Waals surface area contributed by atoms with Crippen molar-refractivity contribution in [3.63, 3.8) is 0 Å². The number of amides is 2. The average Bonchev–Trinajstić information content (AvgIpc) is 3.22. The number of hydrogen-bond acceptors (Lipinski definition) is 7. The summed E-state index contributed by atoms with van der Waals surface area (Å²) < 4.78 is 5.58. The standard InChI is InChI=1S/C25H35N5O3S/c1-17-16-27-23(34-17)28-21-15-19(8-11-26-21)18-9-13-29(14-10-18)22(31)20-7-5-6-12-30(20)24(32)33-25(2,3)4/h8,11,15-16,18,20H,5-7,9-10,12-14H2,1-4H3,(H,26,27,28)/t20-/m0/s1. The third-order valence-electron chi connectivity index (χ3n) is 6.33. The second-order valence-corrected chi connectivity index (χ2v) is 11.4. The van der Waals surface area contributed by atoms with Crippen molar-refractivity contribution in [3.8, 4) is 0 Å². The van der Waals surface area contributed by atoms with E-state index < -0.39 is 11.6 Å². The molecule has 34 heavy (non-hydrogen) atoms. The number of nitrogens with zero attached hydrogens (tertiary/aromatic N) is 4. The van der Waals surface area contributed by atoms with Gasteiger partial charge in [-0.25, -0.2) is 14.8 Å². The number of thiazole rings is 1. The lowest BCUT2D eigenvalue weighted by Crippen LogP contribution is -2.55. The summed E-state index contributed by atoms with van der Waals surface area (Å²) >= 11 is 1.60. The molecule has 2 aliphatic rings. The molecule has 0 unspecified atom stereocenters. The molecule has 2 amide bonds. The summed E-state index contributed by atoms with van der Waals surface area (Å²) in [6.45, 7) is 9.56. The van der Waals surface area contributed by atoms with E-state index in [1.54, 1.807) is 16.2 Å². The van der Waals surface area contributed by atoms with Crippen LogP contribution in [-0.4, -0.2) is 63.0 Å². The normalized spacial score (nSPS) is 19.7. The van der Waals surface area contributed by atoms with Crippen LogP contribution in [0.3, 0.4) is 0 Å². The molecule has 8 nitrogen and oxygen atoms in total. The smallest absolute Gasteiger partial charge is 0.410 e. The molecule has 4 rings (SSSR count). The van der Waals surface area contributed by atoms with Gasteiger partial charge in [0, 0.05) is 36.9 Å². The number of nitrogens with one attached hydrogen (secondary N) is 1. The first-order valence-corrected chi connectivity index (χ1v) is 12.9. The Labute approximate surface area is 205 Å². The third kappa shape index (κ3) is 6.05. The van der Waals surface area contributed by atoms with Gasteiger partial charge >= 0.3 is 6.09 Å². The quantitative estimate of drug-likeness (QED) is 0.649. The molecule has 1 atom stereocenters. The maximum atomic E-state index is 13.4. The number of anilines is 2. The highest BCUT2D eigenvalue weighted by atomic mass is 32.1. The van der Waals surface area contributed by atoms with Crippen molar-refractivity contribution in [2.75, 3.05) is 25.0 Å². The fourth-order valence-corrected chi connectivity index (χ4v) is 5.33. The maximum absolute atomic E-state index is 13.4. The summed E-state index contributed by atoms with van der Waals surface area (Å²) in [5.74, 6) is 1.22. The Kier molecular flexibility index (Phi) is 7.40. The lowest BCUT2D eigenvalue weighted by Gasteiger charge is -2.40. The number of aryl methyl sites for hydroxylation is 1. The minimum atomic E-state index is -0.572. The highest BCUT2D eigenvalue weighted by Gasteiger charge is 2.38. The Balaban J connectivity index is 1.36. The van der Waals surface area contributed by atoms with Crippen LogP contribution in [0.5, 0.6) is 0 Å². The van der Waals surface area contributed by atoms with Crippen molar-refractivity contribution in [2.24, 2.45) is 0 Å². The second kappa shape index (κ2) is 10.3. The predicted molar refractivity (Wildman–Crippen MR) is 134 cm³/mol. The van der Waals surface area contributed by atoms with Gasteiger partial charge in [-0.15, -0.1) is 11.3 Å². The monoisotopic (exact) mass is 485 g/mol. The number of hydrogen-bond donors (Lipinski definition) is 1. The number of ether oxygens (including phenoxy) is 1. The van der Waals surface area contributed by atoms with Crippen LogP contribution >= 0.6 is 11.3 Å². The van der Waals surface area contributed by atoms with Gasteiger partial charge in [-0.1, -0.05) is 0 Å². The fraction of sp³-hybridized carbons (Fsp3) is 0.600. The van der Waals surface area contributed by atoms with E-state index in [9.17, 15) is 9.59 Å². The molecule has 0 radical (unpaired) electrons. The van der Waals surface area contributed by atoms with Gasteiger partial charge in [0.1, 0.15) is 17.5 Å². The SMILES string of the molecule is Cc1cnc(Nc2cc(C3CCN(C(=O)[C@@H]4CCCCN4C(=O)OC(C)(C)C)CC3)ccn2)s1. The highest BCUT2D eigenvalue weighted by molar-refractivity contribution is 7.15. The zero-order valence-corrected chi connectivity index (χ0v) is 21.4. The molecule has 1 N–H and O–H groups in total. The molecule has 0 bridgehead atoms. The number of likely N-dealkylation sites (tertiary alicyclic amines) is 2. The summed E-state index contributed by atoms with van der Waals surface area (Å²) in [6, 6.07) is 3.73. The van der Waals surface area contributed by atoms with Crippen molar-refractivity contribution in [3.05, 3.63) is 35.0 Å². The first-order chi connectivity index (χ1) is 16.2. The molecule has 0 saturated carbocycles. The van der Waals surface area contributed by atoms with Gasteiger partial charge in [0.05, 0.1) is 0 Å². The van der Waals surface area contributed by atoms with E-state index in [4.69, 9.17) is 4.74 Å². The Morgan fingerprint density at radius 1 is 1.12 bits per heavy atom. The predicted octanol–water partition coefficient (Wildman–Crippen LogP) is 5.09. The first kappa shape index (κ1) is 24.4. The van der Waals surface area contributed by atoms with Gasteiger partial charge in [-0.05, 0) is 83.4 Å². The van der Waals surface area contributed by atoms with Crippen molar-refractivity contribution < 1.29 is 14.3 Å². The lowest BCUT2D eigenvalue weighted by atomic mass is 9.89. The number of pyridine rings is 1. The number of carbonyl (C=O) groups is 2. The number of aromatic nitrogens is 2. The molecule has 2 aromatic heterocycles. The minimum absolute atomic E-state index is 0.0558. The summed E-state index contributed by atoms with van der Waals surface area (Å²) in [4.78, 5) is 39.6. The molecule has 2 fully saturated rings. The van der Waals surface area contributed by atoms with Crippen molar-refractivity contribution in [1.29, 1.82) is 0 Å². The van der Waals surface area contributed by atoms with E-state index in [0.717, 1.165) is 41.5 Å². The van der Waals surface area contributed by atoms with Gasteiger partial charge < -0.3 is 15.0 Å². The molecule has 0 spiro atoms. The van der Waals surface area contributed by atoms with Gasteiger partial charge in [0.2, 0.25) is 5.91 Å². The van der Waals surface area contributed by atoms with Crippen LogP contribution in [0.1, 0.15) is 69.2 Å². The van der Waals surface area contributed by atoms with Crippen LogP contribution in [0.15, 0.2) is 24.5 Å². The molecule has 0 aromatic carbocycles. The van der Waals surface area contributed by atoms with E-state index in [1.165, 1.54) is 5.56 Å². The topological polar surface area (TPSA) is 87.7 Å². The molecule has 2 saturated heterocycles. The van der Waals surface area contributed by atoms with E-state index in [2.05, 4.69) is 27.4 Å². The maximum Gasteiger partial charge on any atom is 0.410 e. The molecule has 184 valence electrons. The molecule has 4 heterocycles. The Morgan fingerprint density at radius 2 is 1.88 bits per heavy atom. The van der Waals surface area contributed by atoms with Crippen LogP contribution < -0.4 is 5.32 Å². The summed E-state index contributed by atoms with van der Waals surface area (Å²) in [5, 5.41) is 4.13. The Morgan fingerprint density at radius 3 is 2.56 bits per heavy atom. The fourth-order valence-electron chi connectivity index (χ4n) is 4.66. The molecular weight excluding hydrogens is 450 g/mol. The van der Waals surface area contributed by atoms with Gasteiger partial charge in [0.25, 0.3) is 0 Å². The minimum Gasteiger partial charge on any atom is -0.444 e. The Hall–Kier alpha value is -2.68. The van der Waals surface area contributed by atoms with E-state index in [0.29, 0.717) is 32.0 Å². The summed E-state index contributed by atoms with van der Waals surface area (Å²) in [6.07, 6.45) is 7.65. The van der Waals surface area contributed by atoms with Crippen LogP contribution in [0.4, 0.5) is 15.7 Å². The Bertz CT molecular complexity index is 1010. The second-order valence-electron chi connectivity index (χ2n) is 10.2.